The number of rotatable bonds is 10. The summed E-state index contributed by atoms with van der Waals surface area (Å²) in [6.45, 7) is 2.12. The summed E-state index contributed by atoms with van der Waals surface area (Å²) in [5, 5.41) is 20.5. The van der Waals surface area contributed by atoms with Gasteiger partial charge in [0.05, 0.1) is 42.3 Å². The van der Waals surface area contributed by atoms with Gasteiger partial charge in [-0.1, -0.05) is 42.1 Å². The van der Waals surface area contributed by atoms with E-state index in [1.807, 2.05) is 77.5 Å². The molecule has 10 nitrogen and oxygen atoms in total. The quantitative estimate of drug-likeness (QED) is 0.203. The van der Waals surface area contributed by atoms with Gasteiger partial charge >= 0.3 is 0 Å². The molecule has 43 heavy (non-hydrogen) atoms. The Morgan fingerprint density at radius 2 is 1.95 bits per heavy atom. The van der Waals surface area contributed by atoms with Crippen molar-refractivity contribution in [2.45, 2.75) is 31.1 Å². The van der Waals surface area contributed by atoms with E-state index in [2.05, 4.69) is 15.5 Å². The molecule has 1 aliphatic rings. The zero-order valence-electron chi connectivity index (χ0n) is 23.5. The van der Waals surface area contributed by atoms with Crippen LogP contribution in [0.25, 0.3) is 5.69 Å². The van der Waals surface area contributed by atoms with Crippen LogP contribution in [-0.4, -0.2) is 50.2 Å². The largest absolute Gasteiger partial charge is 0.497 e. The molecule has 3 aromatic heterocycles. The van der Waals surface area contributed by atoms with Crippen molar-refractivity contribution in [2.75, 3.05) is 12.9 Å². The van der Waals surface area contributed by atoms with Crippen LogP contribution >= 0.6 is 23.1 Å². The van der Waals surface area contributed by atoms with Crippen LogP contribution in [0.1, 0.15) is 44.8 Å². The summed E-state index contributed by atoms with van der Waals surface area (Å²) in [6.07, 6.45) is 2.06. The van der Waals surface area contributed by atoms with E-state index in [0.717, 1.165) is 33.2 Å². The number of benzene rings is 2. The Kier molecular flexibility index (Phi) is 8.38. The van der Waals surface area contributed by atoms with E-state index < -0.39 is 0 Å². The third kappa shape index (κ3) is 6.25. The standard InChI is InChI=1S/C31H28N6O4S2/c1-20-6-3-7-22(16-20)36-28(18-32-30(39)26-8-4-14-41-26)33-34-31(36)43-19-29(38)37-25(21-10-12-23(40-2)13-11-21)17-24(35-37)27-9-5-15-42-27/h3-16,25H,17-19H2,1-2H3,(H,32,39)/t25-/m1/s1. The number of ether oxygens (including phenoxy) is 1. The number of methoxy groups -OCH3 is 1. The molecule has 0 saturated heterocycles. The van der Waals surface area contributed by atoms with E-state index in [1.165, 1.54) is 18.0 Å². The highest BCUT2D eigenvalue weighted by atomic mass is 32.2. The molecule has 0 saturated carbocycles. The highest BCUT2D eigenvalue weighted by Crippen LogP contribution is 2.35. The fraction of sp³-hybridized carbons (Fsp3) is 0.194. The molecule has 0 aliphatic carbocycles. The molecule has 0 bridgehead atoms. The van der Waals surface area contributed by atoms with Gasteiger partial charge in [0.2, 0.25) is 0 Å². The first-order valence-electron chi connectivity index (χ1n) is 13.5. The monoisotopic (exact) mass is 612 g/mol. The lowest BCUT2D eigenvalue weighted by Crippen LogP contribution is -2.28. The van der Waals surface area contributed by atoms with Gasteiger partial charge in [-0.25, -0.2) is 5.01 Å². The molecule has 6 rings (SSSR count). The summed E-state index contributed by atoms with van der Waals surface area (Å²) in [7, 11) is 1.63. The normalized spacial score (nSPS) is 14.5. The lowest BCUT2D eigenvalue weighted by Gasteiger charge is -2.22. The fourth-order valence-corrected chi connectivity index (χ4v) is 6.34. The van der Waals surface area contributed by atoms with Gasteiger partial charge < -0.3 is 14.5 Å². The van der Waals surface area contributed by atoms with Gasteiger partial charge in [-0.05, 0) is 65.9 Å². The van der Waals surface area contributed by atoms with Gasteiger partial charge in [-0.15, -0.1) is 21.5 Å². The Morgan fingerprint density at radius 3 is 2.67 bits per heavy atom. The number of hydrazone groups is 1. The highest BCUT2D eigenvalue weighted by Gasteiger charge is 2.33. The molecule has 0 spiro atoms. The molecule has 1 atom stereocenters. The molecular weight excluding hydrogens is 585 g/mol. The lowest BCUT2D eigenvalue weighted by molar-refractivity contribution is -0.130. The average Bonchev–Trinajstić information content (AvgIpc) is 3.85. The highest BCUT2D eigenvalue weighted by molar-refractivity contribution is 7.99. The van der Waals surface area contributed by atoms with Gasteiger partial charge in [0.15, 0.2) is 16.7 Å². The number of amides is 2. The average molecular weight is 613 g/mol. The van der Waals surface area contributed by atoms with Crippen LogP contribution in [0.5, 0.6) is 5.75 Å². The summed E-state index contributed by atoms with van der Waals surface area (Å²) in [6, 6.07) is 22.6. The van der Waals surface area contributed by atoms with Crippen LogP contribution < -0.4 is 10.1 Å². The maximum atomic E-state index is 13.7. The molecule has 0 fully saturated rings. The number of aryl methyl sites for hydroxylation is 1. The van der Waals surface area contributed by atoms with Crippen molar-refractivity contribution >= 4 is 40.6 Å². The number of furan rings is 1. The Hall–Kier alpha value is -4.68. The zero-order valence-corrected chi connectivity index (χ0v) is 25.1. The van der Waals surface area contributed by atoms with Gasteiger partial charge in [0.1, 0.15) is 5.75 Å². The minimum Gasteiger partial charge on any atom is -0.497 e. The number of carbonyl (C=O) groups is 2. The van der Waals surface area contributed by atoms with Gasteiger partial charge in [-0.3, -0.25) is 14.2 Å². The van der Waals surface area contributed by atoms with Crippen molar-refractivity contribution in [3.63, 3.8) is 0 Å². The van der Waals surface area contributed by atoms with E-state index in [0.29, 0.717) is 17.4 Å². The number of nitrogens with zero attached hydrogens (tertiary/aromatic N) is 5. The summed E-state index contributed by atoms with van der Waals surface area (Å²) in [5.41, 5.74) is 3.75. The fourth-order valence-electron chi connectivity index (χ4n) is 4.80. The van der Waals surface area contributed by atoms with Gasteiger partial charge in [-0.2, -0.15) is 5.10 Å². The van der Waals surface area contributed by atoms with Crippen molar-refractivity contribution in [3.8, 4) is 11.4 Å². The van der Waals surface area contributed by atoms with Crippen LogP contribution in [-0.2, 0) is 11.3 Å². The van der Waals surface area contributed by atoms with Gasteiger partial charge in [0.25, 0.3) is 11.8 Å². The minimum absolute atomic E-state index is 0.0938. The van der Waals surface area contributed by atoms with Crippen molar-refractivity contribution < 1.29 is 18.7 Å². The van der Waals surface area contributed by atoms with E-state index in [9.17, 15) is 9.59 Å². The van der Waals surface area contributed by atoms with Crippen LogP contribution in [0.4, 0.5) is 0 Å². The van der Waals surface area contributed by atoms with Crippen LogP contribution in [0.3, 0.4) is 0 Å². The van der Waals surface area contributed by atoms with E-state index in [1.54, 1.807) is 35.6 Å². The second kappa shape index (κ2) is 12.7. The first kappa shape index (κ1) is 28.4. The van der Waals surface area contributed by atoms with Crippen molar-refractivity contribution in [2.24, 2.45) is 5.10 Å². The van der Waals surface area contributed by atoms with Crippen LogP contribution in [0.2, 0.25) is 0 Å². The SMILES string of the molecule is COc1ccc([C@H]2CC(c3cccs3)=NN2C(=O)CSc2nnc(CNC(=O)c3ccco3)n2-c2cccc(C)c2)cc1. The molecule has 1 N–H and O–H groups in total. The Labute approximate surface area is 256 Å². The van der Waals surface area contributed by atoms with Gasteiger partial charge in [0, 0.05) is 12.1 Å². The number of aromatic nitrogens is 3. The number of hydrogen-bond acceptors (Lipinski definition) is 9. The zero-order chi connectivity index (χ0) is 29.8. The maximum absolute atomic E-state index is 13.7. The van der Waals surface area contributed by atoms with Crippen molar-refractivity contribution in [1.82, 2.24) is 25.1 Å². The van der Waals surface area contributed by atoms with E-state index >= 15 is 0 Å². The minimum atomic E-state index is -0.355. The molecule has 4 heterocycles. The number of hydrogen-bond donors (Lipinski definition) is 1. The number of carbonyl (C=O) groups excluding carboxylic acids is 2. The molecule has 2 amide bonds. The second-order valence-electron chi connectivity index (χ2n) is 9.78. The number of nitrogens with one attached hydrogen (secondary N) is 1. The topological polar surface area (TPSA) is 115 Å². The summed E-state index contributed by atoms with van der Waals surface area (Å²) in [5.74, 6) is 1.07. The maximum Gasteiger partial charge on any atom is 0.287 e. The van der Waals surface area contributed by atoms with Crippen LogP contribution in [0, 0.1) is 6.92 Å². The third-order valence-corrected chi connectivity index (χ3v) is 8.74. The van der Waals surface area contributed by atoms with Crippen molar-refractivity contribution in [3.05, 3.63) is 112 Å². The molecule has 2 aromatic carbocycles. The predicted molar refractivity (Wildman–Crippen MR) is 165 cm³/mol. The second-order valence-corrected chi connectivity index (χ2v) is 11.7. The summed E-state index contributed by atoms with van der Waals surface area (Å²) >= 11 is 2.88. The molecule has 12 heteroatoms. The first-order chi connectivity index (χ1) is 21.0. The predicted octanol–water partition coefficient (Wildman–Crippen LogP) is 5.64. The van der Waals surface area contributed by atoms with E-state index in [4.69, 9.17) is 14.3 Å². The lowest BCUT2D eigenvalue weighted by atomic mass is 10.0. The first-order valence-corrected chi connectivity index (χ1v) is 15.4. The van der Waals surface area contributed by atoms with Crippen LogP contribution in [0.15, 0.2) is 99.1 Å². The molecule has 0 unspecified atom stereocenters. The Morgan fingerprint density at radius 1 is 1.09 bits per heavy atom. The number of thioether (sulfide) groups is 1. The molecule has 1 aliphatic heterocycles. The molecule has 0 radical (unpaired) electrons. The number of thiophene rings is 1. The van der Waals surface area contributed by atoms with Crippen molar-refractivity contribution in [1.29, 1.82) is 0 Å². The molecular formula is C31H28N6O4S2. The van der Waals surface area contributed by atoms with E-state index in [-0.39, 0.29) is 35.9 Å². The smallest absolute Gasteiger partial charge is 0.287 e. The Balaban J connectivity index is 1.24. The Bertz CT molecular complexity index is 1750. The summed E-state index contributed by atoms with van der Waals surface area (Å²) in [4.78, 5) is 27.3. The molecule has 5 aromatic rings. The molecule has 218 valence electrons. The third-order valence-electron chi connectivity index (χ3n) is 6.91. The summed E-state index contributed by atoms with van der Waals surface area (Å²) < 4.78 is 12.4.